The van der Waals surface area contributed by atoms with E-state index in [0.29, 0.717) is 23.4 Å². The topological polar surface area (TPSA) is 84.2 Å². The lowest BCUT2D eigenvalue weighted by molar-refractivity contribution is -0.118. The van der Waals surface area contributed by atoms with Crippen molar-refractivity contribution in [2.75, 3.05) is 5.32 Å². The molecule has 0 saturated heterocycles. The van der Waals surface area contributed by atoms with Crippen molar-refractivity contribution >= 4 is 17.5 Å². The molecule has 3 rings (SSSR count). The number of anilines is 1. The second kappa shape index (κ2) is 8.78. The van der Waals surface area contributed by atoms with Crippen molar-refractivity contribution in [3.63, 3.8) is 0 Å². The molecule has 3 aromatic rings. The number of hydrogen-bond donors (Lipinski definition) is 3. The smallest absolute Gasteiger partial charge is 0.252 e. The first-order valence-corrected chi connectivity index (χ1v) is 8.68. The van der Waals surface area contributed by atoms with Crippen LogP contribution in [-0.4, -0.2) is 11.8 Å². The summed E-state index contributed by atoms with van der Waals surface area (Å²) in [4.78, 5) is 25.6. The first-order chi connectivity index (χ1) is 13.2. The molecular weight excluding hydrogens is 338 g/mol. The zero-order chi connectivity index (χ0) is 19.1. The van der Waals surface area contributed by atoms with Crippen LogP contribution in [0.2, 0.25) is 0 Å². The van der Waals surface area contributed by atoms with Crippen LogP contribution in [0.4, 0.5) is 5.69 Å². The molecule has 4 N–H and O–H groups in total. The Balaban J connectivity index is 1.83. The average molecular weight is 359 g/mol. The van der Waals surface area contributed by atoms with Crippen molar-refractivity contribution in [1.82, 2.24) is 5.32 Å². The fourth-order valence-electron chi connectivity index (χ4n) is 2.74. The standard InChI is InChI=1S/C22H21N3O2/c23-15-16-8-7-11-18(14-16)21(26)25-20(17-9-3-1-4-10-17)22(27)24-19-12-5-2-6-13-19/h1-14,20H,15,23H2,(H,24,27)(H,25,26)/t20-/m1/s1. The molecule has 0 spiro atoms. The third kappa shape index (κ3) is 4.80. The highest BCUT2D eigenvalue weighted by atomic mass is 16.2. The molecular formula is C22H21N3O2. The van der Waals surface area contributed by atoms with Crippen molar-refractivity contribution in [3.05, 3.63) is 102 Å². The van der Waals surface area contributed by atoms with Crippen LogP contribution < -0.4 is 16.4 Å². The van der Waals surface area contributed by atoms with E-state index in [1.165, 1.54) is 0 Å². The highest BCUT2D eigenvalue weighted by molar-refractivity contribution is 6.01. The monoisotopic (exact) mass is 359 g/mol. The fourth-order valence-corrected chi connectivity index (χ4v) is 2.74. The van der Waals surface area contributed by atoms with Crippen LogP contribution >= 0.6 is 0 Å². The average Bonchev–Trinajstić information content (AvgIpc) is 2.73. The molecule has 0 unspecified atom stereocenters. The normalized spacial score (nSPS) is 11.4. The van der Waals surface area contributed by atoms with Gasteiger partial charge in [0.05, 0.1) is 0 Å². The Morgan fingerprint density at radius 1 is 0.852 bits per heavy atom. The molecule has 0 radical (unpaired) electrons. The third-order valence-corrected chi connectivity index (χ3v) is 4.14. The van der Waals surface area contributed by atoms with Crippen LogP contribution in [0.15, 0.2) is 84.9 Å². The number of benzene rings is 3. The van der Waals surface area contributed by atoms with E-state index < -0.39 is 6.04 Å². The van der Waals surface area contributed by atoms with E-state index in [1.807, 2.05) is 54.6 Å². The van der Waals surface area contributed by atoms with E-state index in [9.17, 15) is 9.59 Å². The lowest BCUT2D eigenvalue weighted by Crippen LogP contribution is -2.37. The molecule has 0 saturated carbocycles. The maximum absolute atomic E-state index is 12.9. The Morgan fingerprint density at radius 3 is 2.19 bits per heavy atom. The van der Waals surface area contributed by atoms with E-state index in [1.54, 1.807) is 30.3 Å². The first-order valence-electron chi connectivity index (χ1n) is 8.68. The van der Waals surface area contributed by atoms with Crippen molar-refractivity contribution in [1.29, 1.82) is 0 Å². The van der Waals surface area contributed by atoms with E-state index in [0.717, 1.165) is 5.56 Å². The van der Waals surface area contributed by atoms with Crippen LogP contribution in [0.25, 0.3) is 0 Å². The van der Waals surface area contributed by atoms with E-state index in [2.05, 4.69) is 10.6 Å². The molecule has 0 aliphatic heterocycles. The summed E-state index contributed by atoms with van der Waals surface area (Å²) in [5.74, 6) is -0.641. The van der Waals surface area contributed by atoms with Gasteiger partial charge in [-0.1, -0.05) is 60.7 Å². The van der Waals surface area contributed by atoms with Gasteiger partial charge in [-0.2, -0.15) is 0 Å². The maximum Gasteiger partial charge on any atom is 0.252 e. The Hall–Kier alpha value is -3.44. The highest BCUT2D eigenvalue weighted by Crippen LogP contribution is 2.17. The van der Waals surface area contributed by atoms with Crippen LogP contribution in [0.1, 0.15) is 27.5 Å². The number of para-hydroxylation sites is 1. The minimum atomic E-state index is -0.819. The molecule has 27 heavy (non-hydrogen) atoms. The van der Waals surface area contributed by atoms with Gasteiger partial charge in [0.25, 0.3) is 11.8 Å². The highest BCUT2D eigenvalue weighted by Gasteiger charge is 2.23. The van der Waals surface area contributed by atoms with Gasteiger partial charge in [0.15, 0.2) is 0 Å². The van der Waals surface area contributed by atoms with Crippen molar-refractivity contribution in [3.8, 4) is 0 Å². The Bertz CT molecular complexity index is 911. The molecule has 136 valence electrons. The lowest BCUT2D eigenvalue weighted by Gasteiger charge is -2.19. The zero-order valence-corrected chi connectivity index (χ0v) is 14.8. The van der Waals surface area contributed by atoms with Gasteiger partial charge in [0.1, 0.15) is 6.04 Å². The molecule has 2 amide bonds. The van der Waals surface area contributed by atoms with E-state index in [-0.39, 0.29) is 11.8 Å². The number of rotatable bonds is 6. The summed E-state index contributed by atoms with van der Waals surface area (Å²) in [7, 11) is 0. The van der Waals surface area contributed by atoms with Crippen LogP contribution in [0, 0.1) is 0 Å². The number of carbonyl (C=O) groups excluding carboxylic acids is 2. The maximum atomic E-state index is 12.9. The van der Waals surface area contributed by atoms with Crippen LogP contribution in [-0.2, 0) is 11.3 Å². The predicted octanol–water partition coefficient (Wildman–Crippen LogP) is 3.26. The molecule has 3 aromatic carbocycles. The Morgan fingerprint density at radius 2 is 1.52 bits per heavy atom. The van der Waals surface area contributed by atoms with Crippen LogP contribution in [0.5, 0.6) is 0 Å². The van der Waals surface area contributed by atoms with E-state index >= 15 is 0 Å². The van der Waals surface area contributed by atoms with Gasteiger partial charge in [-0.25, -0.2) is 0 Å². The molecule has 0 heterocycles. The summed E-state index contributed by atoms with van der Waals surface area (Å²) in [5.41, 5.74) is 8.34. The summed E-state index contributed by atoms with van der Waals surface area (Å²) in [6, 6.07) is 24.5. The molecule has 5 heteroatoms. The number of hydrogen-bond acceptors (Lipinski definition) is 3. The number of nitrogens with two attached hydrogens (primary N) is 1. The molecule has 1 atom stereocenters. The largest absolute Gasteiger partial charge is 0.336 e. The van der Waals surface area contributed by atoms with Gasteiger partial charge >= 0.3 is 0 Å². The van der Waals surface area contributed by atoms with Crippen LogP contribution in [0.3, 0.4) is 0 Å². The zero-order valence-electron chi connectivity index (χ0n) is 14.8. The lowest BCUT2D eigenvalue weighted by atomic mass is 10.0. The predicted molar refractivity (Wildman–Crippen MR) is 106 cm³/mol. The van der Waals surface area contributed by atoms with E-state index in [4.69, 9.17) is 5.73 Å². The molecule has 0 aromatic heterocycles. The Labute approximate surface area is 158 Å². The summed E-state index contributed by atoms with van der Waals surface area (Å²) >= 11 is 0. The second-order valence-electron chi connectivity index (χ2n) is 6.08. The van der Waals surface area contributed by atoms with Gasteiger partial charge in [0, 0.05) is 17.8 Å². The number of amides is 2. The molecule has 0 bridgehead atoms. The molecule has 0 aliphatic rings. The minimum Gasteiger partial charge on any atom is -0.336 e. The summed E-state index contributed by atoms with van der Waals surface area (Å²) in [6.45, 7) is 0.345. The summed E-state index contributed by atoms with van der Waals surface area (Å²) in [5, 5.41) is 5.68. The minimum absolute atomic E-state index is 0.310. The van der Waals surface area contributed by atoms with Gasteiger partial charge in [-0.3, -0.25) is 9.59 Å². The summed E-state index contributed by atoms with van der Waals surface area (Å²) in [6.07, 6.45) is 0. The SMILES string of the molecule is NCc1cccc(C(=O)N[C@@H](C(=O)Nc2ccccc2)c2ccccc2)c1. The first kappa shape index (κ1) is 18.4. The van der Waals surface area contributed by atoms with Crippen molar-refractivity contribution < 1.29 is 9.59 Å². The fraction of sp³-hybridized carbons (Fsp3) is 0.0909. The van der Waals surface area contributed by atoms with Gasteiger partial charge < -0.3 is 16.4 Å². The molecule has 0 aliphatic carbocycles. The molecule has 5 nitrogen and oxygen atoms in total. The number of carbonyl (C=O) groups is 2. The van der Waals surface area contributed by atoms with Gasteiger partial charge in [-0.05, 0) is 35.4 Å². The quantitative estimate of drug-likeness (QED) is 0.632. The van der Waals surface area contributed by atoms with Crippen molar-refractivity contribution in [2.24, 2.45) is 5.73 Å². The summed E-state index contributed by atoms with van der Waals surface area (Å²) < 4.78 is 0. The van der Waals surface area contributed by atoms with Crippen molar-refractivity contribution in [2.45, 2.75) is 12.6 Å². The van der Waals surface area contributed by atoms with Gasteiger partial charge in [-0.15, -0.1) is 0 Å². The second-order valence-corrected chi connectivity index (χ2v) is 6.08. The van der Waals surface area contributed by atoms with Gasteiger partial charge in [0.2, 0.25) is 0 Å². The molecule has 0 fully saturated rings. The Kier molecular flexibility index (Phi) is 5.97. The third-order valence-electron chi connectivity index (χ3n) is 4.14. The number of nitrogens with one attached hydrogen (secondary N) is 2.